The van der Waals surface area contributed by atoms with Gasteiger partial charge in [0.2, 0.25) is 5.91 Å². The summed E-state index contributed by atoms with van der Waals surface area (Å²) in [7, 11) is 0. The Hall–Kier alpha value is -1.39. The average molecular weight is 236 g/mol. The molecule has 0 radical (unpaired) electrons. The molecule has 4 nitrogen and oxygen atoms in total. The molecular weight excluding hydrogens is 216 g/mol. The van der Waals surface area contributed by atoms with Gasteiger partial charge in [0.1, 0.15) is 0 Å². The van der Waals surface area contributed by atoms with Crippen LogP contribution < -0.4 is 11.1 Å². The molecule has 0 fully saturated rings. The molecule has 0 aliphatic heterocycles. The zero-order valence-corrected chi connectivity index (χ0v) is 10.1. The SMILES string of the molecule is CC(CO)(NC(=O)CCCN)c1ccccc1. The largest absolute Gasteiger partial charge is 0.394 e. The molecule has 1 atom stereocenters. The summed E-state index contributed by atoms with van der Waals surface area (Å²) in [4.78, 5) is 11.7. The highest BCUT2D eigenvalue weighted by Gasteiger charge is 2.27. The van der Waals surface area contributed by atoms with Gasteiger partial charge in [0.05, 0.1) is 12.1 Å². The number of carbonyl (C=O) groups excluding carboxylic acids is 1. The first kappa shape index (κ1) is 13.7. The van der Waals surface area contributed by atoms with Gasteiger partial charge in [0, 0.05) is 6.42 Å². The van der Waals surface area contributed by atoms with Gasteiger partial charge in [0.25, 0.3) is 0 Å². The molecule has 1 unspecified atom stereocenters. The van der Waals surface area contributed by atoms with E-state index in [1.165, 1.54) is 0 Å². The summed E-state index contributed by atoms with van der Waals surface area (Å²) in [6, 6.07) is 9.45. The van der Waals surface area contributed by atoms with Gasteiger partial charge in [-0.15, -0.1) is 0 Å². The third-order valence-corrected chi connectivity index (χ3v) is 2.75. The fraction of sp³-hybridized carbons (Fsp3) is 0.462. The molecule has 0 aliphatic rings. The minimum Gasteiger partial charge on any atom is -0.394 e. The lowest BCUT2D eigenvalue weighted by molar-refractivity contribution is -0.123. The van der Waals surface area contributed by atoms with Crippen molar-refractivity contribution in [3.05, 3.63) is 35.9 Å². The molecule has 0 saturated heterocycles. The van der Waals surface area contributed by atoms with Gasteiger partial charge in [0.15, 0.2) is 0 Å². The van der Waals surface area contributed by atoms with Crippen molar-refractivity contribution in [2.75, 3.05) is 13.2 Å². The maximum Gasteiger partial charge on any atom is 0.220 e. The van der Waals surface area contributed by atoms with Gasteiger partial charge in [-0.05, 0) is 25.5 Å². The van der Waals surface area contributed by atoms with Crippen molar-refractivity contribution >= 4 is 5.91 Å². The first-order valence-electron chi connectivity index (χ1n) is 5.80. The molecule has 94 valence electrons. The molecule has 4 heteroatoms. The second-order valence-electron chi connectivity index (χ2n) is 4.30. The summed E-state index contributed by atoms with van der Waals surface area (Å²) in [5.74, 6) is -0.0872. The third-order valence-electron chi connectivity index (χ3n) is 2.75. The summed E-state index contributed by atoms with van der Waals surface area (Å²) >= 11 is 0. The Balaban J connectivity index is 2.72. The van der Waals surface area contributed by atoms with E-state index < -0.39 is 5.54 Å². The van der Waals surface area contributed by atoms with Crippen LogP contribution in [0, 0.1) is 0 Å². The Morgan fingerprint density at radius 1 is 1.41 bits per heavy atom. The van der Waals surface area contributed by atoms with Crippen LogP contribution in [0.15, 0.2) is 30.3 Å². The number of nitrogens with one attached hydrogen (secondary N) is 1. The molecule has 0 aliphatic carbocycles. The lowest BCUT2D eigenvalue weighted by Gasteiger charge is -2.29. The van der Waals surface area contributed by atoms with E-state index in [0.29, 0.717) is 19.4 Å². The van der Waals surface area contributed by atoms with E-state index in [-0.39, 0.29) is 12.5 Å². The summed E-state index contributed by atoms with van der Waals surface area (Å²) in [5.41, 5.74) is 5.52. The van der Waals surface area contributed by atoms with Gasteiger partial charge in [-0.25, -0.2) is 0 Å². The summed E-state index contributed by atoms with van der Waals surface area (Å²) in [5, 5.41) is 12.3. The highest BCUT2D eigenvalue weighted by molar-refractivity contribution is 5.77. The number of hydrogen-bond acceptors (Lipinski definition) is 3. The zero-order valence-electron chi connectivity index (χ0n) is 10.1. The van der Waals surface area contributed by atoms with Crippen molar-refractivity contribution in [2.45, 2.75) is 25.3 Å². The van der Waals surface area contributed by atoms with Gasteiger partial charge >= 0.3 is 0 Å². The predicted octanol–water partition coefficient (Wildman–Crippen LogP) is 0.749. The molecule has 4 N–H and O–H groups in total. The minimum atomic E-state index is -0.729. The molecular formula is C13H20N2O2. The molecule has 0 saturated carbocycles. The van der Waals surface area contributed by atoms with Gasteiger partial charge < -0.3 is 16.2 Å². The smallest absolute Gasteiger partial charge is 0.220 e. The van der Waals surface area contributed by atoms with Gasteiger partial charge in [-0.2, -0.15) is 0 Å². The van der Waals surface area contributed by atoms with Crippen molar-refractivity contribution in [2.24, 2.45) is 5.73 Å². The first-order chi connectivity index (χ1) is 8.12. The van der Waals surface area contributed by atoms with Gasteiger partial charge in [-0.3, -0.25) is 4.79 Å². The average Bonchev–Trinajstić information content (AvgIpc) is 2.37. The highest BCUT2D eigenvalue weighted by atomic mass is 16.3. The topological polar surface area (TPSA) is 75.3 Å². The maximum atomic E-state index is 11.7. The highest BCUT2D eigenvalue weighted by Crippen LogP contribution is 2.19. The van der Waals surface area contributed by atoms with Crippen LogP contribution in [0.3, 0.4) is 0 Å². The van der Waals surface area contributed by atoms with Crippen molar-refractivity contribution < 1.29 is 9.90 Å². The minimum absolute atomic E-state index is 0.0872. The first-order valence-corrected chi connectivity index (χ1v) is 5.80. The fourth-order valence-electron chi connectivity index (χ4n) is 1.64. The zero-order chi connectivity index (χ0) is 12.7. The molecule has 0 heterocycles. The van der Waals surface area contributed by atoms with Crippen LogP contribution in [0.25, 0.3) is 0 Å². The quantitative estimate of drug-likeness (QED) is 0.682. The van der Waals surface area contributed by atoms with Crippen LogP contribution in [0.2, 0.25) is 0 Å². The van der Waals surface area contributed by atoms with E-state index in [4.69, 9.17) is 5.73 Å². The Kier molecular flexibility index (Phi) is 5.12. The monoisotopic (exact) mass is 236 g/mol. The molecule has 1 rings (SSSR count). The second-order valence-corrected chi connectivity index (χ2v) is 4.30. The Morgan fingerprint density at radius 3 is 2.59 bits per heavy atom. The molecule has 0 aromatic heterocycles. The Morgan fingerprint density at radius 2 is 2.06 bits per heavy atom. The van der Waals surface area contributed by atoms with Crippen LogP contribution in [0.5, 0.6) is 0 Å². The van der Waals surface area contributed by atoms with E-state index in [1.54, 1.807) is 0 Å². The van der Waals surface area contributed by atoms with Crippen molar-refractivity contribution in [3.8, 4) is 0 Å². The Labute approximate surface area is 102 Å². The van der Waals surface area contributed by atoms with Crippen molar-refractivity contribution in [1.29, 1.82) is 0 Å². The Bertz CT molecular complexity index is 354. The molecule has 1 aromatic rings. The van der Waals surface area contributed by atoms with E-state index in [2.05, 4.69) is 5.32 Å². The number of nitrogens with two attached hydrogens (primary N) is 1. The van der Waals surface area contributed by atoms with E-state index in [1.807, 2.05) is 37.3 Å². The number of rotatable bonds is 6. The summed E-state index contributed by atoms with van der Waals surface area (Å²) < 4.78 is 0. The molecule has 1 aromatic carbocycles. The maximum absolute atomic E-state index is 11.7. The molecule has 0 bridgehead atoms. The molecule has 17 heavy (non-hydrogen) atoms. The number of aliphatic hydroxyl groups excluding tert-OH is 1. The van der Waals surface area contributed by atoms with Crippen LogP contribution >= 0.6 is 0 Å². The van der Waals surface area contributed by atoms with E-state index in [0.717, 1.165) is 5.56 Å². The fourth-order valence-corrected chi connectivity index (χ4v) is 1.64. The standard InChI is InChI=1S/C13H20N2O2/c1-13(10-16,11-6-3-2-4-7-11)15-12(17)8-5-9-14/h2-4,6-7,16H,5,8-10,14H2,1H3,(H,15,17). The van der Waals surface area contributed by atoms with Crippen molar-refractivity contribution in [1.82, 2.24) is 5.32 Å². The number of aliphatic hydroxyl groups is 1. The normalized spacial score (nSPS) is 14.1. The second kappa shape index (κ2) is 6.37. The van der Waals surface area contributed by atoms with Crippen molar-refractivity contribution in [3.63, 3.8) is 0 Å². The van der Waals surface area contributed by atoms with Crippen LogP contribution in [-0.4, -0.2) is 24.2 Å². The number of amides is 1. The number of carbonyl (C=O) groups is 1. The van der Waals surface area contributed by atoms with Crippen LogP contribution in [-0.2, 0) is 10.3 Å². The van der Waals surface area contributed by atoms with Gasteiger partial charge in [-0.1, -0.05) is 30.3 Å². The predicted molar refractivity (Wildman–Crippen MR) is 67.3 cm³/mol. The summed E-state index contributed by atoms with van der Waals surface area (Å²) in [6.07, 6.45) is 1.04. The summed E-state index contributed by atoms with van der Waals surface area (Å²) in [6.45, 7) is 2.17. The lowest BCUT2D eigenvalue weighted by Crippen LogP contribution is -2.46. The van der Waals surface area contributed by atoms with E-state index in [9.17, 15) is 9.90 Å². The molecule has 1 amide bonds. The molecule has 0 spiro atoms. The number of hydrogen-bond donors (Lipinski definition) is 3. The van der Waals surface area contributed by atoms with E-state index >= 15 is 0 Å². The lowest BCUT2D eigenvalue weighted by atomic mass is 9.92. The third kappa shape index (κ3) is 3.84. The van der Waals surface area contributed by atoms with Crippen LogP contribution in [0.4, 0.5) is 0 Å². The number of benzene rings is 1. The van der Waals surface area contributed by atoms with Crippen LogP contribution in [0.1, 0.15) is 25.3 Å².